The van der Waals surface area contributed by atoms with Crippen molar-refractivity contribution < 1.29 is 4.79 Å². The molecule has 1 aromatic rings. The van der Waals surface area contributed by atoms with Crippen molar-refractivity contribution in [2.45, 2.75) is 19.3 Å². The average Bonchev–Trinajstić information content (AvgIpc) is 2.18. The molecule has 13 heavy (non-hydrogen) atoms. The third-order valence-electron chi connectivity index (χ3n) is 2.04. The third-order valence-corrected chi connectivity index (χ3v) is 2.04. The van der Waals surface area contributed by atoms with Gasteiger partial charge in [0, 0.05) is 5.41 Å². The van der Waals surface area contributed by atoms with Gasteiger partial charge in [0.15, 0.2) is 0 Å². The number of aldehydes is 1. The van der Waals surface area contributed by atoms with E-state index in [1.165, 1.54) is 0 Å². The Bertz CT molecular complexity index is 361. The molecule has 0 atom stereocenters. The van der Waals surface area contributed by atoms with Crippen LogP contribution in [0.3, 0.4) is 0 Å². The lowest BCUT2D eigenvalue weighted by molar-refractivity contribution is -0.111. The van der Waals surface area contributed by atoms with Crippen molar-refractivity contribution in [3.05, 3.63) is 35.4 Å². The Morgan fingerprint density at radius 2 is 2.00 bits per heavy atom. The summed E-state index contributed by atoms with van der Waals surface area (Å²) in [6, 6.07) is 9.24. The van der Waals surface area contributed by atoms with Crippen molar-refractivity contribution in [1.29, 1.82) is 5.26 Å². The van der Waals surface area contributed by atoms with Gasteiger partial charge in [0.1, 0.15) is 6.29 Å². The maximum atomic E-state index is 10.8. The van der Waals surface area contributed by atoms with Gasteiger partial charge >= 0.3 is 0 Å². The topological polar surface area (TPSA) is 40.9 Å². The molecule has 1 aromatic carbocycles. The summed E-state index contributed by atoms with van der Waals surface area (Å²) in [7, 11) is 0. The zero-order valence-electron chi connectivity index (χ0n) is 7.74. The summed E-state index contributed by atoms with van der Waals surface area (Å²) in [6.07, 6.45) is 0.864. The lowest BCUT2D eigenvalue weighted by Crippen LogP contribution is -2.20. The van der Waals surface area contributed by atoms with E-state index in [0.29, 0.717) is 5.56 Å². The molecule has 0 fully saturated rings. The average molecular weight is 173 g/mol. The standard InChI is InChI=1S/C11H11NO/c1-11(2,8-13)10-6-4-3-5-9(10)7-12/h3-6,8H,1-2H3. The first kappa shape index (κ1) is 9.47. The number of nitriles is 1. The number of rotatable bonds is 2. The molecule has 1 rings (SSSR count). The molecule has 0 aliphatic rings. The van der Waals surface area contributed by atoms with Crippen LogP contribution < -0.4 is 0 Å². The molecular weight excluding hydrogens is 162 g/mol. The SMILES string of the molecule is CC(C)(C=O)c1ccccc1C#N. The summed E-state index contributed by atoms with van der Waals surface area (Å²) >= 11 is 0. The first-order valence-electron chi connectivity index (χ1n) is 4.08. The molecule has 0 N–H and O–H groups in total. The second-order valence-corrected chi connectivity index (χ2v) is 3.50. The molecule has 0 aromatic heterocycles. The van der Waals surface area contributed by atoms with Crippen LogP contribution in [-0.2, 0) is 10.2 Å². The number of benzene rings is 1. The van der Waals surface area contributed by atoms with E-state index in [1.807, 2.05) is 12.1 Å². The highest BCUT2D eigenvalue weighted by Gasteiger charge is 2.22. The van der Waals surface area contributed by atoms with E-state index in [-0.39, 0.29) is 0 Å². The lowest BCUT2D eigenvalue weighted by atomic mass is 9.83. The van der Waals surface area contributed by atoms with E-state index in [0.717, 1.165) is 11.8 Å². The minimum atomic E-state index is -0.577. The van der Waals surface area contributed by atoms with Crippen LogP contribution in [0.15, 0.2) is 24.3 Å². The summed E-state index contributed by atoms with van der Waals surface area (Å²) in [4.78, 5) is 10.8. The molecule has 0 saturated carbocycles. The Morgan fingerprint density at radius 3 is 2.54 bits per heavy atom. The van der Waals surface area contributed by atoms with Gasteiger partial charge in [0.25, 0.3) is 0 Å². The third kappa shape index (κ3) is 1.75. The molecule has 0 unspecified atom stereocenters. The zero-order valence-corrected chi connectivity index (χ0v) is 7.74. The summed E-state index contributed by atoms with van der Waals surface area (Å²) in [5, 5.41) is 8.81. The molecule has 0 radical (unpaired) electrons. The van der Waals surface area contributed by atoms with E-state index in [4.69, 9.17) is 5.26 Å². The largest absolute Gasteiger partial charge is 0.302 e. The first-order valence-corrected chi connectivity index (χ1v) is 4.08. The molecule has 0 bridgehead atoms. The number of carbonyl (C=O) groups is 1. The molecule has 0 spiro atoms. The quantitative estimate of drug-likeness (QED) is 0.642. The maximum absolute atomic E-state index is 10.8. The molecule has 0 amide bonds. The second kappa shape index (κ2) is 3.40. The van der Waals surface area contributed by atoms with Crippen molar-refractivity contribution in [3.8, 4) is 6.07 Å². The Morgan fingerprint density at radius 1 is 1.38 bits per heavy atom. The smallest absolute Gasteiger partial charge is 0.130 e. The molecule has 0 heterocycles. The maximum Gasteiger partial charge on any atom is 0.130 e. The summed E-state index contributed by atoms with van der Waals surface area (Å²) in [5.74, 6) is 0. The van der Waals surface area contributed by atoms with E-state index in [1.54, 1.807) is 26.0 Å². The van der Waals surface area contributed by atoms with Gasteiger partial charge < -0.3 is 4.79 Å². The number of nitrogens with zero attached hydrogens (tertiary/aromatic N) is 1. The van der Waals surface area contributed by atoms with E-state index < -0.39 is 5.41 Å². The van der Waals surface area contributed by atoms with Gasteiger partial charge in [-0.3, -0.25) is 0 Å². The molecular formula is C11H11NO. The monoisotopic (exact) mass is 173 g/mol. The minimum Gasteiger partial charge on any atom is -0.302 e. The minimum absolute atomic E-state index is 0.569. The Kier molecular flexibility index (Phi) is 2.48. The highest BCUT2D eigenvalue weighted by molar-refractivity contribution is 5.69. The molecule has 2 heteroatoms. The van der Waals surface area contributed by atoms with E-state index in [9.17, 15) is 4.79 Å². The van der Waals surface area contributed by atoms with Crippen LogP contribution in [0.2, 0.25) is 0 Å². The van der Waals surface area contributed by atoms with E-state index in [2.05, 4.69) is 6.07 Å². The van der Waals surface area contributed by atoms with Crippen molar-refractivity contribution in [1.82, 2.24) is 0 Å². The van der Waals surface area contributed by atoms with Gasteiger partial charge in [-0.05, 0) is 25.5 Å². The fourth-order valence-corrected chi connectivity index (χ4v) is 1.21. The van der Waals surface area contributed by atoms with Crippen LogP contribution in [0.5, 0.6) is 0 Å². The van der Waals surface area contributed by atoms with E-state index >= 15 is 0 Å². The number of carbonyl (C=O) groups excluding carboxylic acids is 1. The predicted molar refractivity (Wildman–Crippen MR) is 50.2 cm³/mol. The van der Waals surface area contributed by atoms with Crippen LogP contribution in [0.4, 0.5) is 0 Å². The van der Waals surface area contributed by atoms with Crippen LogP contribution in [0.25, 0.3) is 0 Å². The van der Waals surface area contributed by atoms with Crippen molar-refractivity contribution in [3.63, 3.8) is 0 Å². The summed E-state index contributed by atoms with van der Waals surface area (Å²) in [5.41, 5.74) is 0.777. The van der Waals surface area contributed by atoms with Crippen LogP contribution >= 0.6 is 0 Å². The molecule has 0 aliphatic carbocycles. The molecule has 66 valence electrons. The molecule has 2 nitrogen and oxygen atoms in total. The number of hydrogen-bond donors (Lipinski definition) is 0. The Balaban J connectivity index is 3.30. The van der Waals surface area contributed by atoms with Gasteiger partial charge in [-0.2, -0.15) is 5.26 Å². The summed E-state index contributed by atoms with van der Waals surface area (Å²) in [6.45, 7) is 3.60. The first-order chi connectivity index (χ1) is 6.11. The van der Waals surface area contributed by atoms with Crippen LogP contribution in [0, 0.1) is 11.3 Å². The second-order valence-electron chi connectivity index (χ2n) is 3.50. The Labute approximate surface area is 77.8 Å². The highest BCUT2D eigenvalue weighted by Crippen LogP contribution is 2.23. The predicted octanol–water partition coefficient (Wildman–Crippen LogP) is 2.03. The van der Waals surface area contributed by atoms with Crippen LogP contribution in [-0.4, -0.2) is 6.29 Å². The molecule has 0 aliphatic heterocycles. The van der Waals surface area contributed by atoms with Crippen molar-refractivity contribution in [2.75, 3.05) is 0 Å². The number of hydrogen-bond acceptors (Lipinski definition) is 2. The fourth-order valence-electron chi connectivity index (χ4n) is 1.21. The van der Waals surface area contributed by atoms with Gasteiger partial charge in [-0.1, -0.05) is 18.2 Å². The highest BCUT2D eigenvalue weighted by atomic mass is 16.1. The van der Waals surface area contributed by atoms with Crippen molar-refractivity contribution in [2.24, 2.45) is 0 Å². The normalized spacial score (nSPS) is 10.5. The van der Waals surface area contributed by atoms with Gasteiger partial charge in [-0.15, -0.1) is 0 Å². The van der Waals surface area contributed by atoms with Gasteiger partial charge in [0.2, 0.25) is 0 Å². The Hall–Kier alpha value is -1.62. The van der Waals surface area contributed by atoms with Gasteiger partial charge in [0.05, 0.1) is 11.6 Å². The zero-order chi connectivity index (χ0) is 9.90. The van der Waals surface area contributed by atoms with Gasteiger partial charge in [-0.25, -0.2) is 0 Å². The van der Waals surface area contributed by atoms with Crippen LogP contribution in [0.1, 0.15) is 25.0 Å². The molecule has 0 saturated heterocycles. The lowest BCUT2D eigenvalue weighted by Gasteiger charge is -2.18. The van der Waals surface area contributed by atoms with Crippen molar-refractivity contribution >= 4 is 6.29 Å². The fraction of sp³-hybridized carbons (Fsp3) is 0.273. The summed E-state index contributed by atoms with van der Waals surface area (Å²) < 4.78 is 0.